The summed E-state index contributed by atoms with van der Waals surface area (Å²) in [7, 11) is 0. The molecule has 4 heteroatoms. The second kappa shape index (κ2) is 6.70. The number of benzene rings is 2. The van der Waals surface area contributed by atoms with Gasteiger partial charge in [0.15, 0.2) is 0 Å². The van der Waals surface area contributed by atoms with Crippen molar-refractivity contribution in [1.82, 2.24) is 5.32 Å². The van der Waals surface area contributed by atoms with Crippen LogP contribution in [0.1, 0.15) is 31.8 Å². The summed E-state index contributed by atoms with van der Waals surface area (Å²) < 4.78 is 0. The molecule has 0 atom stereocenters. The lowest BCUT2D eigenvalue weighted by atomic mass is 10.1. The zero-order valence-corrected chi connectivity index (χ0v) is 11.8. The van der Waals surface area contributed by atoms with Crippen molar-refractivity contribution in [2.24, 2.45) is 0 Å². The summed E-state index contributed by atoms with van der Waals surface area (Å²) in [5, 5.41) is 11.7. The van der Waals surface area contributed by atoms with Crippen LogP contribution in [0, 0.1) is 6.92 Å². The van der Waals surface area contributed by atoms with Crippen LogP contribution in [0.2, 0.25) is 0 Å². The number of aryl methyl sites for hydroxylation is 1. The summed E-state index contributed by atoms with van der Waals surface area (Å²) in [6.07, 6.45) is 0.664. The van der Waals surface area contributed by atoms with Gasteiger partial charge in [0.05, 0.1) is 5.56 Å². The Hall–Kier alpha value is -2.62. The molecule has 0 saturated carbocycles. The van der Waals surface area contributed by atoms with Gasteiger partial charge in [0, 0.05) is 12.1 Å². The Labute approximate surface area is 123 Å². The molecule has 0 saturated heterocycles. The second-order valence-electron chi connectivity index (χ2n) is 4.87. The van der Waals surface area contributed by atoms with Crippen LogP contribution < -0.4 is 5.32 Å². The zero-order chi connectivity index (χ0) is 15.2. The van der Waals surface area contributed by atoms with E-state index in [9.17, 15) is 9.59 Å². The van der Waals surface area contributed by atoms with E-state index in [0.717, 1.165) is 11.1 Å². The molecule has 2 aromatic rings. The monoisotopic (exact) mass is 283 g/mol. The maximum Gasteiger partial charge on any atom is 0.335 e. The number of carboxylic acid groups (broad SMARTS) is 1. The first kappa shape index (κ1) is 14.8. The second-order valence-corrected chi connectivity index (χ2v) is 4.87. The van der Waals surface area contributed by atoms with Crippen molar-refractivity contribution in [2.75, 3.05) is 6.54 Å². The molecule has 0 aliphatic heterocycles. The van der Waals surface area contributed by atoms with E-state index in [1.54, 1.807) is 36.4 Å². The summed E-state index contributed by atoms with van der Waals surface area (Å²) >= 11 is 0. The van der Waals surface area contributed by atoms with Gasteiger partial charge in [-0.15, -0.1) is 0 Å². The number of aromatic carboxylic acids is 1. The first-order chi connectivity index (χ1) is 10.1. The lowest BCUT2D eigenvalue weighted by molar-refractivity contribution is 0.0696. The predicted molar refractivity (Wildman–Crippen MR) is 80.6 cm³/mol. The summed E-state index contributed by atoms with van der Waals surface area (Å²) in [5.74, 6) is -1.04. The first-order valence-corrected chi connectivity index (χ1v) is 6.73. The van der Waals surface area contributed by atoms with E-state index >= 15 is 0 Å². The highest BCUT2D eigenvalue weighted by Crippen LogP contribution is 2.06. The van der Waals surface area contributed by atoms with Crippen LogP contribution in [0.5, 0.6) is 0 Å². The molecule has 2 rings (SSSR count). The van der Waals surface area contributed by atoms with E-state index in [1.165, 1.54) is 0 Å². The van der Waals surface area contributed by atoms with Crippen molar-refractivity contribution < 1.29 is 14.7 Å². The van der Waals surface area contributed by atoms with Gasteiger partial charge in [0.2, 0.25) is 0 Å². The molecular formula is C17H17NO3. The molecular weight excluding hydrogens is 266 g/mol. The van der Waals surface area contributed by atoms with Crippen LogP contribution >= 0.6 is 0 Å². The number of hydrogen-bond donors (Lipinski definition) is 2. The van der Waals surface area contributed by atoms with E-state index in [-0.39, 0.29) is 11.5 Å². The molecule has 108 valence electrons. The number of carboxylic acids is 1. The van der Waals surface area contributed by atoms with Gasteiger partial charge in [0.25, 0.3) is 5.91 Å². The molecule has 0 aliphatic rings. The van der Waals surface area contributed by atoms with Gasteiger partial charge in [-0.1, -0.05) is 29.8 Å². The maximum atomic E-state index is 11.9. The molecule has 0 bridgehead atoms. The van der Waals surface area contributed by atoms with E-state index in [2.05, 4.69) is 5.32 Å². The fourth-order valence-electron chi connectivity index (χ4n) is 1.94. The van der Waals surface area contributed by atoms with Gasteiger partial charge in [-0.2, -0.15) is 0 Å². The quantitative estimate of drug-likeness (QED) is 0.886. The maximum absolute atomic E-state index is 11.9. The standard InChI is InChI=1S/C17H17NO3/c1-12-2-6-14(7-3-12)16(19)18-11-10-13-4-8-15(9-5-13)17(20)21/h2-9H,10-11H2,1H3,(H,18,19)(H,20,21). The summed E-state index contributed by atoms with van der Waals surface area (Å²) in [6, 6.07) is 14.1. The molecule has 0 spiro atoms. The Morgan fingerprint density at radius 2 is 1.52 bits per heavy atom. The number of carbonyl (C=O) groups excluding carboxylic acids is 1. The minimum absolute atomic E-state index is 0.0999. The number of nitrogens with one attached hydrogen (secondary N) is 1. The fraction of sp³-hybridized carbons (Fsp3) is 0.176. The van der Waals surface area contributed by atoms with Gasteiger partial charge in [-0.05, 0) is 43.2 Å². The van der Waals surface area contributed by atoms with Crippen LogP contribution in [0.3, 0.4) is 0 Å². The third kappa shape index (κ3) is 4.18. The molecule has 0 aliphatic carbocycles. The van der Waals surface area contributed by atoms with Crippen molar-refractivity contribution in [3.8, 4) is 0 Å². The molecule has 0 unspecified atom stereocenters. The van der Waals surface area contributed by atoms with Gasteiger partial charge < -0.3 is 10.4 Å². The topological polar surface area (TPSA) is 66.4 Å². The highest BCUT2D eigenvalue weighted by Gasteiger charge is 2.05. The first-order valence-electron chi connectivity index (χ1n) is 6.73. The van der Waals surface area contributed by atoms with Crippen LogP contribution in [-0.2, 0) is 6.42 Å². The molecule has 2 aromatic carbocycles. The smallest absolute Gasteiger partial charge is 0.335 e. The van der Waals surface area contributed by atoms with E-state index in [4.69, 9.17) is 5.11 Å². The summed E-state index contributed by atoms with van der Waals surface area (Å²) in [5.41, 5.74) is 3.01. The highest BCUT2D eigenvalue weighted by molar-refractivity contribution is 5.94. The largest absolute Gasteiger partial charge is 0.478 e. The third-order valence-corrected chi connectivity index (χ3v) is 3.21. The normalized spacial score (nSPS) is 10.1. The van der Waals surface area contributed by atoms with Crippen LogP contribution in [-0.4, -0.2) is 23.5 Å². The van der Waals surface area contributed by atoms with Crippen molar-refractivity contribution in [3.05, 3.63) is 70.8 Å². The number of rotatable bonds is 5. The minimum Gasteiger partial charge on any atom is -0.478 e. The lowest BCUT2D eigenvalue weighted by Crippen LogP contribution is -2.25. The molecule has 0 radical (unpaired) electrons. The number of carbonyl (C=O) groups is 2. The minimum atomic E-state index is -0.936. The molecule has 1 amide bonds. The van der Waals surface area contributed by atoms with E-state index in [0.29, 0.717) is 18.5 Å². The van der Waals surface area contributed by atoms with Crippen LogP contribution in [0.4, 0.5) is 0 Å². The van der Waals surface area contributed by atoms with Gasteiger partial charge in [-0.3, -0.25) is 4.79 Å². The zero-order valence-electron chi connectivity index (χ0n) is 11.8. The predicted octanol–water partition coefficient (Wildman–Crippen LogP) is 2.67. The van der Waals surface area contributed by atoms with Gasteiger partial charge in [-0.25, -0.2) is 4.79 Å². The van der Waals surface area contributed by atoms with Crippen molar-refractivity contribution in [1.29, 1.82) is 0 Å². The Morgan fingerprint density at radius 1 is 0.952 bits per heavy atom. The Bertz CT molecular complexity index is 630. The van der Waals surface area contributed by atoms with Crippen LogP contribution in [0.25, 0.3) is 0 Å². The van der Waals surface area contributed by atoms with Crippen LogP contribution in [0.15, 0.2) is 48.5 Å². The molecule has 2 N–H and O–H groups in total. The summed E-state index contributed by atoms with van der Waals surface area (Å²) in [6.45, 7) is 2.49. The number of amides is 1. The summed E-state index contributed by atoms with van der Waals surface area (Å²) in [4.78, 5) is 22.6. The van der Waals surface area contributed by atoms with Crippen molar-refractivity contribution in [2.45, 2.75) is 13.3 Å². The van der Waals surface area contributed by atoms with Crippen molar-refractivity contribution >= 4 is 11.9 Å². The Kier molecular flexibility index (Phi) is 4.72. The van der Waals surface area contributed by atoms with Gasteiger partial charge >= 0.3 is 5.97 Å². The number of hydrogen-bond acceptors (Lipinski definition) is 2. The average Bonchev–Trinajstić information content (AvgIpc) is 2.48. The van der Waals surface area contributed by atoms with E-state index in [1.807, 2.05) is 19.1 Å². The average molecular weight is 283 g/mol. The van der Waals surface area contributed by atoms with Gasteiger partial charge in [0.1, 0.15) is 0 Å². The lowest BCUT2D eigenvalue weighted by Gasteiger charge is -2.06. The molecule has 21 heavy (non-hydrogen) atoms. The van der Waals surface area contributed by atoms with E-state index < -0.39 is 5.97 Å². The van der Waals surface area contributed by atoms with Crippen molar-refractivity contribution in [3.63, 3.8) is 0 Å². The Balaban J connectivity index is 1.85. The highest BCUT2D eigenvalue weighted by atomic mass is 16.4. The third-order valence-electron chi connectivity index (χ3n) is 3.21. The molecule has 0 fully saturated rings. The molecule has 4 nitrogen and oxygen atoms in total. The fourth-order valence-corrected chi connectivity index (χ4v) is 1.94. The molecule has 0 heterocycles. The Morgan fingerprint density at radius 3 is 2.10 bits per heavy atom. The molecule has 0 aromatic heterocycles. The SMILES string of the molecule is Cc1ccc(C(=O)NCCc2ccc(C(=O)O)cc2)cc1.